The van der Waals surface area contributed by atoms with Crippen LogP contribution in [0.15, 0.2) is 29.2 Å². The smallest absolute Gasteiger partial charge is 0.228 e. The van der Waals surface area contributed by atoms with E-state index in [9.17, 15) is 4.79 Å². The molecule has 2 nitrogen and oxygen atoms in total. The second-order valence-electron chi connectivity index (χ2n) is 5.07. The van der Waals surface area contributed by atoms with Crippen molar-refractivity contribution in [1.29, 1.82) is 0 Å². The Morgan fingerprint density at radius 1 is 1.42 bits per heavy atom. The van der Waals surface area contributed by atoms with Crippen molar-refractivity contribution in [2.45, 2.75) is 42.8 Å². The van der Waals surface area contributed by atoms with Gasteiger partial charge in [-0.25, -0.2) is 0 Å². The lowest BCUT2D eigenvalue weighted by molar-refractivity contribution is -0.118. The monoisotopic (exact) mass is 297 g/mol. The van der Waals surface area contributed by atoms with Gasteiger partial charge in [0.2, 0.25) is 5.91 Å². The van der Waals surface area contributed by atoms with E-state index in [1.165, 1.54) is 30.6 Å². The first-order valence-corrected chi connectivity index (χ1v) is 8.24. The van der Waals surface area contributed by atoms with Crippen LogP contribution >= 0.6 is 23.4 Å². The van der Waals surface area contributed by atoms with Crippen molar-refractivity contribution in [2.75, 3.05) is 11.2 Å². The van der Waals surface area contributed by atoms with Crippen molar-refractivity contribution < 1.29 is 4.79 Å². The molecule has 104 valence electrons. The number of hydrogen-bond acceptors (Lipinski definition) is 2. The third kappa shape index (κ3) is 4.15. The molecule has 0 heterocycles. The fourth-order valence-corrected chi connectivity index (χ4v) is 3.66. The maximum atomic E-state index is 11.9. The Hall–Kier alpha value is -0.670. The summed E-state index contributed by atoms with van der Waals surface area (Å²) in [7, 11) is 0. The topological polar surface area (TPSA) is 29.1 Å². The fraction of sp³-hybridized carbons (Fsp3) is 0.533. The molecule has 0 aliphatic heterocycles. The quantitative estimate of drug-likeness (QED) is 0.809. The van der Waals surface area contributed by atoms with Crippen LogP contribution in [0.5, 0.6) is 0 Å². The van der Waals surface area contributed by atoms with E-state index in [1.54, 1.807) is 0 Å². The molecule has 19 heavy (non-hydrogen) atoms. The molecule has 0 saturated heterocycles. The molecule has 1 saturated carbocycles. The summed E-state index contributed by atoms with van der Waals surface area (Å²) < 4.78 is 0. The molecular formula is C15H20ClNOS. The summed E-state index contributed by atoms with van der Waals surface area (Å²) in [5.41, 5.74) is 0.918. The van der Waals surface area contributed by atoms with Crippen LogP contribution in [0.2, 0.25) is 0 Å². The number of para-hydroxylation sites is 1. The summed E-state index contributed by atoms with van der Waals surface area (Å²) in [5, 5.41) is 3.69. The second-order valence-corrected chi connectivity index (χ2v) is 6.72. The summed E-state index contributed by atoms with van der Waals surface area (Å²) >= 11 is 7.62. The molecule has 1 aliphatic rings. The van der Waals surface area contributed by atoms with E-state index in [0.29, 0.717) is 11.1 Å². The zero-order chi connectivity index (χ0) is 13.7. The largest absolute Gasteiger partial charge is 0.325 e. The molecule has 0 spiro atoms. The number of amides is 1. The van der Waals surface area contributed by atoms with Crippen molar-refractivity contribution >= 4 is 35.0 Å². The van der Waals surface area contributed by atoms with Crippen LogP contribution in [0.25, 0.3) is 0 Å². The van der Waals surface area contributed by atoms with Crippen LogP contribution in [0.3, 0.4) is 0 Å². The molecular weight excluding hydrogens is 278 g/mol. The van der Waals surface area contributed by atoms with E-state index in [2.05, 4.69) is 11.4 Å². The summed E-state index contributed by atoms with van der Waals surface area (Å²) in [6.07, 6.45) is 5.22. The van der Waals surface area contributed by atoms with E-state index in [4.69, 9.17) is 11.6 Å². The van der Waals surface area contributed by atoms with E-state index >= 15 is 0 Å². The zero-order valence-corrected chi connectivity index (χ0v) is 12.8. The number of benzene rings is 1. The highest BCUT2D eigenvalue weighted by Gasteiger charge is 2.19. The molecule has 1 aliphatic carbocycles. The van der Waals surface area contributed by atoms with Crippen LogP contribution in [-0.2, 0) is 4.79 Å². The molecule has 4 heteroatoms. The number of alkyl halides is 1. The number of thioether (sulfide) groups is 1. The van der Waals surface area contributed by atoms with Gasteiger partial charge >= 0.3 is 0 Å². The summed E-state index contributed by atoms with van der Waals surface area (Å²) in [4.78, 5) is 13.1. The van der Waals surface area contributed by atoms with Gasteiger partial charge in [-0.3, -0.25) is 4.79 Å². The van der Waals surface area contributed by atoms with Crippen LogP contribution in [0.4, 0.5) is 5.69 Å². The lowest BCUT2D eigenvalue weighted by Crippen LogP contribution is -2.21. The molecule has 0 radical (unpaired) electrons. The Kier molecular flexibility index (Phi) is 5.59. The molecule has 2 rings (SSSR count). The highest BCUT2D eigenvalue weighted by atomic mass is 35.5. The van der Waals surface area contributed by atoms with Gasteiger partial charge in [0.05, 0.1) is 5.69 Å². The first-order valence-electron chi connectivity index (χ1n) is 6.83. The Morgan fingerprint density at radius 3 is 2.79 bits per heavy atom. The molecule has 1 unspecified atom stereocenters. The summed E-state index contributed by atoms with van der Waals surface area (Å²) in [6, 6.07) is 8.04. The number of nitrogens with one attached hydrogen (secondary N) is 1. The zero-order valence-electron chi connectivity index (χ0n) is 11.2. The highest BCUT2D eigenvalue weighted by Crippen LogP contribution is 2.38. The average Bonchev–Trinajstić information content (AvgIpc) is 2.93. The van der Waals surface area contributed by atoms with Crippen molar-refractivity contribution in [3.05, 3.63) is 24.3 Å². The number of carbonyl (C=O) groups excluding carboxylic acids is 1. The Balaban J connectivity index is 2.05. The molecule has 1 aromatic carbocycles. The van der Waals surface area contributed by atoms with Crippen molar-refractivity contribution in [3.63, 3.8) is 0 Å². The van der Waals surface area contributed by atoms with Gasteiger partial charge in [0.25, 0.3) is 0 Å². The standard InChI is InChI=1S/C15H20ClNOS/c1-11(10-16)15(18)17-13-8-4-5-9-14(13)19-12-6-2-3-7-12/h4-5,8-9,11-12H,2-3,6-7,10H2,1H3,(H,17,18). The molecule has 0 aromatic heterocycles. The normalized spacial score (nSPS) is 17.4. The van der Waals surface area contributed by atoms with Gasteiger partial charge in [-0.15, -0.1) is 23.4 Å². The first kappa shape index (κ1) is 14.7. The third-order valence-electron chi connectivity index (χ3n) is 3.42. The number of hydrogen-bond donors (Lipinski definition) is 1. The van der Waals surface area contributed by atoms with Gasteiger partial charge in [-0.1, -0.05) is 31.9 Å². The lowest BCUT2D eigenvalue weighted by Gasteiger charge is -2.15. The minimum atomic E-state index is -0.161. The molecule has 1 aromatic rings. The van der Waals surface area contributed by atoms with Gasteiger partial charge in [-0.2, -0.15) is 0 Å². The molecule has 1 N–H and O–H groups in total. The number of anilines is 1. The molecule has 1 atom stereocenters. The van der Waals surface area contributed by atoms with E-state index in [1.807, 2.05) is 36.9 Å². The SMILES string of the molecule is CC(CCl)C(=O)Nc1ccccc1SC1CCCC1. The van der Waals surface area contributed by atoms with Crippen LogP contribution in [0.1, 0.15) is 32.6 Å². The summed E-state index contributed by atoms with van der Waals surface area (Å²) in [6.45, 7) is 1.84. The van der Waals surface area contributed by atoms with Crippen molar-refractivity contribution in [3.8, 4) is 0 Å². The summed E-state index contributed by atoms with van der Waals surface area (Å²) in [5.74, 6) is 0.185. The van der Waals surface area contributed by atoms with Gasteiger partial charge in [0.1, 0.15) is 0 Å². The maximum Gasteiger partial charge on any atom is 0.228 e. The highest BCUT2D eigenvalue weighted by molar-refractivity contribution is 8.00. The van der Waals surface area contributed by atoms with Crippen LogP contribution in [-0.4, -0.2) is 17.0 Å². The van der Waals surface area contributed by atoms with Crippen molar-refractivity contribution in [1.82, 2.24) is 0 Å². The van der Waals surface area contributed by atoms with Gasteiger partial charge in [-0.05, 0) is 25.0 Å². The maximum absolute atomic E-state index is 11.9. The number of rotatable bonds is 5. The predicted molar refractivity (Wildman–Crippen MR) is 83.1 cm³/mol. The van der Waals surface area contributed by atoms with E-state index in [0.717, 1.165) is 5.69 Å². The Labute approximate surface area is 124 Å². The van der Waals surface area contributed by atoms with Crippen LogP contribution < -0.4 is 5.32 Å². The minimum Gasteiger partial charge on any atom is -0.325 e. The van der Waals surface area contributed by atoms with E-state index < -0.39 is 0 Å². The third-order valence-corrected chi connectivity index (χ3v) is 5.30. The molecule has 1 amide bonds. The minimum absolute atomic E-state index is 0.00512. The Bertz CT molecular complexity index is 432. The van der Waals surface area contributed by atoms with Crippen LogP contribution in [0, 0.1) is 5.92 Å². The van der Waals surface area contributed by atoms with E-state index in [-0.39, 0.29) is 11.8 Å². The van der Waals surface area contributed by atoms with Crippen molar-refractivity contribution in [2.24, 2.45) is 5.92 Å². The van der Waals surface area contributed by atoms with Gasteiger partial charge < -0.3 is 5.32 Å². The Morgan fingerprint density at radius 2 is 2.11 bits per heavy atom. The molecule has 0 bridgehead atoms. The number of halogens is 1. The molecule has 1 fully saturated rings. The number of carbonyl (C=O) groups is 1. The van der Waals surface area contributed by atoms with Gasteiger partial charge in [0.15, 0.2) is 0 Å². The van der Waals surface area contributed by atoms with Gasteiger partial charge in [0, 0.05) is 21.9 Å². The second kappa shape index (κ2) is 7.20. The lowest BCUT2D eigenvalue weighted by atomic mass is 10.2. The fourth-order valence-electron chi connectivity index (χ4n) is 2.18. The first-order chi connectivity index (χ1) is 9.20. The average molecular weight is 298 g/mol. The predicted octanol–water partition coefficient (Wildman–Crippen LogP) is 4.53.